The quantitative estimate of drug-likeness (QED) is 0.337. The highest BCUT2D eigenvalue weighted by Crippen LogP contribution is 2.35. The molecule has 0 saturated heterocycles. The van der Waals surface area contributed by atoms with Gasteiger partial charge >= 0.3 is 0 Å². The number of hydrogen-bond acceptors (Lipinski definition) is 6. The third-order valence-corrected chi connectivity index (χ3v) is 3.77. The molecule has 1 aliphatic rings. The van der Waals surface area contributed by atoms with Crippen molar-refractivity contribution in [3.05, 3.63) is 46.8 Å². The molecule has 0 radical (unpaired) electrons. The Morgan fingerprint density at radius 2 is 1.67 bits per heavy atom. The van der Waals surface area contributed by atoms with Crippen LogP contribution in [0.15, 0.2) is 41.2 Å². The van der Waals surface area contributed by atoms with Crippen molar-refractivity contribution in [3.8, 4) is 0 Å². The van der Waals surface area contributed by atoms with Crippen molar-refractivity contribution in [1.29, 1.82) is 0 Å². The maximum Gasteiger partial charge on any atom is 0.219 e. The molecule has 0 spiro atoms. The Labute approximate surface area is 148 Å². The summed E-state index contributed by atoms with van der Waals surface area (Å²) in [7, 11) is 0.959. The topological polar surface area (TPSA) is 108 Å². The Morgan fingerprint density at radius 1 is 1.17 bits per heavy atom. The molecule has 2 rings (SSSR count). The highest BCUT2D eigenvalue weighted by atomic mass is 35.7. The fourth-order valence-corrected chi connectivity index (χ4v) is 2.39. The highest BCUT2D eigenvalue weighted by Gasteiger charge is 2.33. The first-order valence-corrected chi connectivity index (χ1v) is 8.59. The fraction of sp³-hybridized carbons (Fsp3) is 0.400. The lowest BCUT2D eigenvalue weighted by atomic mass is 10.0. The lowest BCUT2D eigenvalue weighted by molar-refractivity contribution is -2.00. The standard InChI is InChI=1S/C15H20ClN2O.ClHO4/c1-11-14(12-8-6-5-7-9-12)19-13(10-17(2)3)15(16)18(11)4;2-1(3,4)5/h5-11,14H,1-4H3;(H,2,3,4,5)/q+1;/p-1. The van der Waals surface area contributed by atoms with Gasteiger partial charge in [0.1, 0.15) is 20.2 Å². The van der Waals surface area contributed by atoms with E-state index in [-0.39, 0.29) is 12.1 Å². The second-order valence-corrected chi connectivity index (χ2v) is 6.54. The lowest BCUT2D eigenvalue weighted by Gasteiger charge is -2.38. The summed E-state index contributed by atoms with van der Waals surface area (Å²) in [4.78, 5) is 2.05. The van der Waals surface area contributed by atoms with Gasteiger partial charge in [-0.3, -0.25) is 0 Å². The number of allylic oxidation sites excluding steroid dienone is 1. The molecule has 0 amide bonds. The molecule has 1 aromatic rings. The molecule has 7 nitrogen and oxygen atoms in total. The van der Waals surface area contributed by atoms with E-state index in [1.165, 1.54) is 0 Å². The molecule has 1 aliphatic heterocycles. The van der Waals surface area contributed by atoms with E-state index in [2.05, 4.69) is 24.0 Å². The van der Waals surface area contributed by atoms with Crippen LogP contribution in [0.4, 0.5) is 0 Å². The summed E-state index contributed by atoms with van der Waals surface area (Å²) in [5.41, 5.74) is 1.16. The van der Waals surface area contributed by atoms with Gasteiger partial charge in [-0.25, -0.2) is 23.2 Å². The van der Waals surface area contributed by atoms with Gasteiger partial charge in [-0.1, -0.05) is 41.9 Å². The van der Waals surface area contributed by atoms with Crippen LogP contribution in [0.25, 0.3) is 0 Å². The van der Waals surface area contributed by atoms with E-state index in [9.17, 15) is 0 Å². The third kappa shape index (κ3) is 6.64. The van der Waals surface area contributed by atoms with E-state index < -0.39 is 10.2 Å². The number of likely N-dealkylation sites (N-methyl/N-ethyl adjacent to an activating group) is 1. The lowest BCUT2D eigenvalue weighted by Crippen LogP contribution is -2.68. The second-order valence-electron chi connectivity index (χ2n) is 5.43. The van der Waals surface area contributed by atoms with Gasteiger partial charge in [0, 0.05) is 7.05 Å². The Bertz CT molecular complexity index is 592. The summed E-state index contributed by atoms with van der Waals surface area (Å²) in [6, 6.07) is 10.4. The average Bonchev–Trinajstić information content (AvgIpc) is 2.47. The summed E-state index contributed by atoms with van der Waals surface area (Å²) < 4.78 is 42.0. The molecule has 9 heteroatoms. The zero-order valence-corrected chi connectivity index (χ0v) is 15.3. The molecule has 0 aliphatic carbocycles. The Hall–Kier alpha value is -1.35. The first-order valence-electron chi connectivity index (χ1n) is 6.98. The average molecular weight is 379 g/mol. The molecule has 0 bridgehead atoms. The highest BCUT2D eigenvalue weighted by molar-refractivity contribution is 6.30. The zero-order valence-electron chi connectivity index (χ0n) is 13.8. The fourth-order valence-electron chi connectivity index (χ4n) is 2.15. The minimum Gasteiger partial charge on any atom is -0.475 e. The van der Waals surface area contributed by atoms with Crippen molar-refractivity contribution >= 4 is 17.8 Å². The van der Waals surface area contributed by atoms with Crippen molar-refractivity contribution in [3.63, 3.8) is 0 Å². The molecule has 1 aromatic carbocycles. The van der Waals surface area contributed by atoms with E-state index in [1.807, 2.05) is 50.1 Å². The number of ether oxygens (including phenoxy) is 1. The van der Waals surface area contributed by atoms with E-state index in [0.29, 0.717) is 10.9 Å². The molecular formula is C15H20Cl2N2O5. The van der Waals surface area contributed by atoms with Crippen LogP contribution in [0, 0.1) is 10.2 Å². The molecule has 134 valence electrons. The molecule has 0 aromatic heterocycles. The smallest absolute Gasteiger partial charge is 0.219 e. The summed E-state index contributed by atoms with van der Waals surface area (Å²) in [6.45, 7) is 2.12. The van der Waals surface area contributed by atoms with Crippen LogP contribution < -0.4 is 18.6 Å². The van der Waals surface area contributed by atoms with Crippen LogP contribution in [-0.2, 0) is 4.74 Å². The van der Waals surface area contributed by atoms with E-state index in [4.69, 9.17) is 35.0 Å². The minimum atomic E-state index is -4.94. The molecule has 0 saturated carbocycles. The monoisotopic (exact) mass is 378 g/mol. The van der Waals surface area contributed by atoms with Crippen LogP contribution in [0.1, 0.15) is 18.6 Å². The first kappa shape index (κ1) is 20.7. The van der Waals surface area contributed by atoms with Crippen LogP contribution in [0.3, 0.4) is 0 Å². The Balaban J connectivity index is 0.000000505. The van der Waals surface area contributed by atoms with Gasteiger partial charge in [-0.15, -0.1) is 10.2 Å². The van der Waals surface area contributed by atoms with Gasteiger partial charge < -0.3 is 9.64 Å². The number of benzene rings is 1. The van der Waals surface area contributed by atoms with E-state index in [1.54, 1.807) is 0 Å². The van der Waals surface area contributed by atoms with Gasteiger partial charge in [-0.2, -0.15) is 0 Å². The number of nitrogens with zero attached hydrogens (tertiary/aromatic N) is 2. The summed E-state index contributed by atoms with van der Waals surface area (Å²) in [5.74, 6) is 0.709. The van der Waals surface area contributed by atoms with E-state index >= 15 is 0 Å². The third-order valence-electron chi connectivity index (χ3n) is 3.32. The molecule has 2 unspecified atom stereocenters. The summed E-state index contributed by atoms with van der Waals surface area (Å²) in [5, 5.41) is 0.647. The van der Waals surface area contributed by atoms with Crippen molar-refractivity contribution in [1.82, 2.24) is 4.90 Å². The minimum absolute atomic E-state index is 0.0140. The predicted molar refractivity (Wildman–Crippen MR) is 78.5 cm³/mol. The molecule has 1 heterocycles. The zero-order chi connectivity index (χ0) is 18.5. The maximum absolute atomic E-state index is 8.49. The predicted octanol–water partition coefficient (Wildman–Crippen LogP) is -1.93. The molecule has 24 heavy (non-hydrogen) atoms. The normalized spacial score (nSPS) is 20.8. The van der Waals surface area contributed by atoms with Crippen LogP contribution >= 0.6 is 11.6 Å². The van der Waals surface area contributed by atoms with Crippen LogP contribution in [-0.4, -0.2) is 42.9 Å². The molecule has 0 N–H and O–H groups in total. The Morgan fingerprint density at radius 3 is 2.12 bits per heavy atom. The van der Waals surface area contributed by atoms with Gasteiger partial charge in [0.15, 0.2) is 5.16 Å². The van der Waals surface area contributed by atoms with Crippen molar-refractivity contribution in [2.75, 3.05) is 21.1 Å². The molecule has 2 atom stereocenters. The first-order chi connectivity index (χ1) is 11.0. The molecule has 0 fully saturated rings. The van der Waals surface area contributed by atoms with Crippen LogP contribution in [0.5, 0.6) is 0 Å². The maximum atomic E-state index is 8.49. The number of rotatable bonds is 2. The van der Waals surface area contributed by atoms with E-state index in [0.717, 1.165) is 5.56 Å². The summed E-state index contributed by atoms with van der Waals surface area (Å²) >= 11 is 6.35. The number of hydrogen-bond donors (Lipinski definition) is 0. The second kappa shape index (κ2) is 8.66. The van der Waals surface area contributed by atoms with Gasteiger partial charge in [0.25, 0.3) is 0 Å². The van der Waals surface area contributed by atoms with Crippen molar-refractivity contribution in [2.24, 2.45) is 0 Å². The van der Waals surface area contributed by atoms with Gasteiger partial charge in [0.05, 0.1) is 6.04 Å². The van der Waals surface area contributed by atoms with Crippen molar-refractivity contribution in [2.45, 2.75) is 19.1 Å². The molecular weight excluding hydrogens is 359 g/mol. The SMILES string of the molecule is CC1C(c2ccccc2)OC(C=[N+](C)C)=C(Cl)N1C.[O-][Cl+3]([O-])([O-])[O-]. The largest absolute Gasteiger partial charge is 0.475 e. The van der Waals surface area contributed by atoms with Gasteiger partial charge in [-0.05, 0) is 12.5 Å². The Kier molecular flexibility index (Phi) is 7.47. The van der Waals surface area contributed by atoms with Crippen molar-refractivity contribution < 1.29 is 38.2 Å². The summed E-state index contributed by atoms with van der Waals surface area (Å²) in [6.07, 6.45) is 1.89. The van der Waals surface area contributed by atoms with Gasteiger partial charge in [0.2, 0.25) is 12.0 Å². The van der Waals surface area contributed by atoms with Crippen LogP contribution in [0.2, 0.25) is 0 Å². The number of halogens is 2.